The third kappa shape index (κ3) is 23.3. The summed E-state index contributed by atoms with van der Waals surface area (Å²) in [5.74, 6) is 0.00463. The lowest BCUT2D eigenvalue weighted by molar-refractivity contribution is -0.118. The molecule has 0 unspecified atom stereocenters. The molecule has 0 aromatic rings. The van der Waals surface area contributed by atoms with Gasteiger partial charge in [-0.15, -0.1) is 0 Å². The molecule has 0 spiro atoms. The normalized spacial score (nSPS) is 6.33. The quantitative estimate of drug-likeness (QED) is 0.485. The number of carbonyl (C=O) groups excluding carboxylic acids is 2. The molecule has 0 heterocycles. The van der Waals surface area contributed by atoms with Crippen LogP contribution in [-0.4, -0.2) is 33.1 Å². The Kier molecular flexibility index (Phi) is 17.6. The molecular weight excluding hydrogens is 158 g/mol. The predicted molar refractivity (Wildman–Crippen MR) is 50.0 cm³/mol. The summed E-state index contributed by atoms with van der Waals surface area (Å²) in [6.07, 6.45) is 0. The molecule has 0 aromatic carbocycles. The zero-order valence-electron chi connectivity index (χ0n) is 7.32. The molecule has 74 valence electrons. The molecule has 12 heavy (non-hydrogen) atoms. The van der Waals surface area contributed by atoms with Crippen molar-refractivity contribution in [3.63, 3.8) is 0 Å². The minimum absolute atomic E-state index is 0. The van der Waals surface area contributed by atoms with Crippen molar-refractivity contribution in [1.29, 1.82) is 0 Å². The first-order chi connectivity index (χ1) is 5.08. The van der Waals surface area contributed by atoms with Crippen LogP contribution in [0.5, 0.6) is 0 Å². The number of carbonyl (C=O) groups is 2. The monoisotopic (exact) mass is 177 g/mol. The van der Waals surface area contributed by atoms with E-state index in [1.165, 1.54) is 6.92 Å². The lowest BCUT2D eigenvalue weighted by Crippen LogP contribution is -2.28. The van der Waals surface area contributed by atoms with Crippen molar-refractivity contribution < 1.29 is 9.59 Å². The van der Waals surface area contributed by atoms with Crippen molar-refractivity contribution in [2.45, 2.75) is 14.4 Å². The zero-order chi connectivity index (χ0) is 9.28. The molecule has 0 fully saturated rings. The number of nitrogens with one attached hydrogen (secondary N) is 3. The van der Waals surface area contributed by atoms with Crippen LogP contribution in [0.2, 0.25) is 0 Å². The van der Waals surface area contributed by atoms with Crippen LogP contribution in [0.25, 0.3) is 0 Å². The molecular formula is C7H19N3O2. The van der Waals surface area contributed by atoms with Crippen molar-refractivity contribution in [1.82, 2.24) is 16.0 Å². The van der Waals surface area contributed by atoms with Gasteiger partial charge in [0.25, 0.3) is 0 Å². The van der Waals surface area contributed by atoms with E-state index >= 15 is 0 Å². The van der Waals surface area contributed by atoms with Gasteiger partial charge in [-0.05, 0) is 0 Å². The molecule has 0 radical (unpaired) electrons. The van der Waals surface area contributed by atoms with E-state index in [1.807, 2.05) is 0 Å². The molecule has 0 saturated heterocycles. The number of rotatable bonds is 0. The summed E-state index contributed by atoms with van der Waals surface area (Å²) >= 11 is 0. The van der Waals surface area contributed by atoms with Crippen LogP contribution in [0.1, 0.15) is 14.4 Å². The maximum Gasteiger partial charge on any atom is 0.314 e. The Balaban J connectivity index is -0.000000126. The molecule has 0 rings (SSSR count). The van der Waals surface area contributed by atoms with E-state index in [-0.39, 0.29) is 19.4 Å². The van der Waals surface area contributed by atoms with E-state index in [4.69, 9.17) is 0 Å². The maximum atomic E-state index is 9.96. The fraction of sp³-hybridized carbons (Fsp3) is 0.714. The number of hydrogen-bond acceptors (Lipinski definition) is 2. The molecule has 5 nitrogen and oxygen atoms in total. The van der Waals surface area contributed by atoms with Crippen LogP contribution >= 0.6 is 0 Å². The van der Waals surface area contributed by atoms with Gasteiger partial charge in [-0.2, -0.15) is 0 Å². The summed E-state index contributed by atoms with van der Waals surface area (Å²) in [5.41, 5.74) is 0. The minimum Gasteiger partial charge on any atom is -0.359 e. The van der Waals surface area contributed by atoms with Gasteiger partial charge in [0.15, 0.2) is 0 Å². The van der Waals surface area contributed by atoms with Crippen LogP contribution in [0, 0.1) is 0 Å². The van der Waals surface area contributed by atoms with Crippen LogP contribution in [-0.2, 0) is 4.79 Å². The Morgan fingerprint density at radius 2 is 1.17 bits per heavy atom. The number of urea groups is 1. The SMILES string of the molecule is C.CNC(=O)NC.CNC(C)=O. The highest BCUT2D eigenvalue weighted by atomic mass is 16.2. The molecule has 0 aromatic heterocycles. The summed E-state index contributed by atoms with van der Waals surface area (Å²) in [5, 5.41) is 7.12. The fourth-order valence-corrected chi connectivity index (χ4v) is 0.125. The lowest BCUT2D eigenvalue weighted by atomic mass is 10.7. The Bertz CT molecular complexity index is 120. The van der Waals surface area contributed by atoms with Crippen LogP contribution < -0.4 is 16.0 Å². The molecule has 0 aliphatic rings. The van der Waals surface area contributed by atoms with Crippen molar-refractivity contribution in [2.75, 3.05) is 21.1 Å². The van der Waals surface area contributed by atoms with Gasteiger partial charge >= 0.3 is 6.03 Å². The highest BCUT2D eigenvalue weighted by molar-refractivity contribution is 5.73. The molecule has 3 N–H and O–H groups in total. The second kappa shape index (κ2) is 12.4. The summed E-state index contributed by atoms with van der Waals surface area (Å²) in [6.45, 7) is 1.47. The highest BCUT2D eigenvalue weighted by Gasteiger charge is 1.81. The van der Waals surface area contributed by atoms with Gasteiger partial charge in [-0.3, -0.25) is 4.79 Å². The van der Waals surface area contributed by atoms with Crippen molar-refractivity contribution in [3.8, 4) is 0 Å². The van der Waals surface area contributed by atoms with Gasteiger partial charge in [0, 0.05) is 28.1 Å². The van der Waals surface area contributed by atoms with E-state index in [2.05, 4.69) is 16.0 Å². The number of hydrogen-bond donors (Lipinski definition) is 3. The molecule has 3 amide bonds. The third-order valence-corrected chi connectivity index (χ3v) is 0.806. The molecule has 0 atom stereocenters. The van der Waals surface area contributed by atoms with Crippen LogP contribution in [0.4, 0.5) is 4.79 Å². The minimum atomic E-state index is -0.157. The highest BCUT2D eigenvalue weighted by Crippen LogP contribution is 1.48. The zero-order valence-corrected chi connectivity index (χ0v) is 7.32. The second-order valence-electron chi connectivity index (χ2n) is 1.64. The van der Waals surface area contributed by atoms with Crippen molar-refractivity contribution >= 4 is 11.9 Å². The average Bonchev–Trinajstić information content (AvgIpc) is 2.04. The first-order valence-electron chi connectivity index (χ1n) is 3.16. The second-order valence-corrected chi connectivity index (χ2v) is 1.64. The maximum absolute atomic E-state index is 9.96. The Morgan fingerprint density at radius 3 is 1.17 bits per heavy atom. The fourth-order valence-electron chi connectivity index (χ4n) is 0.125. The first kappa shape index (κ1) is 17.0. The lowest BCUT2D eigenvalue weighted by Gasteiger charge is -1.91. The van der Waals surface area contributed by atoms with E-state index in [0.29, 0.717) is 0 Å². The van der Waals surface area contributed by atoms with E-state index in [0.717, 1.165) is 0 Å². The molecule has 0 aliphatic heterocycles. The largest absolute Gasteiger partial charge is 0.359 e. The molecule has 0 saturated carbocycles. The van der Waals surface area contributed by atoms with Gasteiger partial charge < -0.3 is 16.0 Å². The average molecular weight is 177 g/mol. The van der Waals surface area contributed by atoms with E-state index in [9.17, 15) is 9.59 Å². The smallest absolute Gasteiger partial charge is 0.314 e. The molecule has 0 bridgehead atoms. The third-order valence-electron chi connectivity index (χ3n) is 0.806. The number of amides is 3. The Hall–Kier alpha value is -1.26. The Labute approximate surface area is 73.9 Å². The Morgan fingerprint density at radius 1 is 0.917 bits per heavy atom. The predicted octanol–water partition coefficient (Wildman–Crippen LogP) is -0.0664. The van der Waals surface area contributed by atoms with Crippen LogP contribution in [0.3, 0.4) is 0 Å². The molecule has 0 aliphatic carbocycles. The summed E-state index contributed by atoms with van der Waals surface area (Å²) in [7, 11) is 4.74. The summed E-state index contributed by atoms with van der Waals surface area (Å²) in [6, 6.07) is -0.157. The van der Waals surface area contributed by atoms with E-state index < -0.39 is 0 Å². The topological polar surface area (TPSA) is 70.2 Å². The standard InChI is InChI=1S/C3H8N2O.C3H7NO.CH4/c1-4-3(6)5-2;1-3(5)4-2;/h1-2H3,(H2,4,5,6);1-2H3,(H,4,5);1H4. The van der Waals surface area contributed by atoms with Crippen molar-refractivity contribution in [2.24, 2.45) is 0 Å². The van der Waals surface area contributed by atoms with Crippen molar-refractivity contribution in [3.05, 3.63) is 0 Å². The summed E-state index contributed by atoms with van der Waals surface area (Å²) in [4.78, 5) is 19.7. The van der Waals surface area contributed by atoms with Gasteiger partial charge in [-0.25, -0.2) is 4.79 Å². The van der Waals surface area contributed by atoms with Gasteiger partial charge in [0.05, 0.1) is 0 Å². The van der Waals surface area contributed by atoms with Gasteiger partial charge in [0.1, 0.15) is 0 Å². The van der Waals surface area contributed by atoms with Gasteiger partial charge in [-0.1, -0.05) is 7.43 Å². The van der Waals surface area contributed by atoms with E-state index in [1.54, 1.807) is 21.1 Å². The summed E-state index contributed by atoms with van der Waals surface area (Å²) < 4.78 is 0. The molecule has 5 heteroatoms. The van der Waals surface area contributed by atoms with Gasteiger partial charge in [0.2, 0.25) is 5.91 Å². The van der Waals surface area contributed by atoms with Crippen LogP contribution in [0.15, 0.2) is 0 Å². The first-order valence-corrected chi connectivity index (χ1v) is 3.16.